The Kier molecular flexibility index (Phi) is 6.00. The Morgan fingerprint density at radius 2 is 1.86 bits per heavy atom. The van der Waals surface area contributed by atoms with Crippen molar-refractivity contribution >= 4 is 23.5 Å². The summed E-state index contributed by atoms with van der Waals surface area (Å²) >= 11 is 6.01. The highest BCUT2D eigenvalue weighted by Crippen LogP contribution is 2.38. The lowest BCUT2D eigenvalue weighted by Gasteiger charge is -2.39. The molecule has 1 fully saturated rings. The Hall–Kier alpha value is -2.59. The fourth-order valence-corrected chi connectivity index (χ4v) is 4.56. The zero-order valence-electron chi connectivity index (χ0n) is 16.2. The second kappa shape index (κ2) is 8.83. The van der Waals surface area contributed by atoms with Crippen molar-refractivity contribution in [3.05, 3.63) is 77.3 Å². The lowest BCUT2D eigenvalue weighted by molar-refractivity contribution is -0.154. The van der Waals surface area contributed by atoms with Crippen LogP contribution in [0.25, 0.3) is 0 Å². The van der Waals surface area contributed by atoms with Crippen LogP contribution in [0.4, 0.5) is 0 Å². The van der Waals surface area contributed by atoms with E-state index in [0.717, 1.165) is 24.9 Å². The van der Waals surface area contributed by atoms with E-state index in [-0.39, 0.29) is 23.7 Å². The molecule has 150 valence electrons. The molecule has 1 amide bonds. The van der Waals surface area contributed by atoms with E-state index in [0.29, 0.717) is 23.7 Å². The Morgan fingerprint density at radius 3 is 2.66 bits per heavy atom. The first-order chi connectivity index (χ1) is 14.1. The van der Waals surface area contributed by atoms with Gasteiger partial charge in [0.05, 0.1) is 11.8 Å². The maximum atomic E-state index is 13.4. The highest BCUT2D eigenvalue weighted by Gasteiger charge is 2.44. The van der Waals surface area contributed by atoms with E-state index in [1.807, 2.05) is 41.3 Å². The molecule has 29 heavy (non-hydrogen) atoms. The van der Waals surface area contributed by atoms with E-state index < -0.39 is 5.92 Å². The molecule has 3 atom stereocenters. The summed E-state index contributed by atoms with van der Waals surface area (Å²) in [5.41, 5.74) is 1.10. The van der Waals surface area contributed by atoms with Crippen molar-refractivity contribution in [2.45, 2.75) is 25.8 Å². The summed E-state index contributed by atoms with van der Waals surface area (Å²) < 4.78 is 5.61. The van der Waals surface area contributed by atoms with Crippen molar-refractivity contribution in [1.82, 2.24) is 4.90 Å². The number of hydrogen-bond donors (Lipinski definition) is 0. The lowest BCUT2D eigenvalue weighted by atomic mass is 9.75. The van der Waals surface area contributed by atoms with Gasteiger partial charge in [-0.2, -0.15) is 0 Å². The van der Waals surface area contributed by atoms with Crippen LogP contribution < -0.4 is 4.74 Å². The SMILES string of the molecule is O=C(Oc1cccc(Cl)c1)C1CC=CCC2CCN(Cc3ccccc3)C(=O)C21. The van der Waals surface area contributed by atoms with Crippen LogP contribution in [0.2, 0.25) is 5.02 Å². The lowest BCUT2D eigenvalue weighted by Crippen LogP contribution is -2.49. The number of esters is 1. The number of fused-ring (bicyclic) bond motifs is 1. The van der Waals surface area contributed by atoms with Crippen LogP contribution in [0.15, 0.2) is 66.7 Å². The normalized spacial score (nSPS) is 24.0. The van der Waals surface area contributed by atoms with Crippen molar-refractivity contribution in [2.24, 2.45) is 17.8 Å². The van der Waals surface area contributed by atoms with E-state index in [1.165, 1.54) is 0 Å². The molecule has 1 aliphatic heterocycles. The molecular weight excluding hydrogens is 386 g/mol. The summed E-state index contributed by atoms with van der Waals surface area (Å²) in [6.45, 7) is 1.30. The quantitative estimate of drug-likeness (QED) is 0.411. The molecule has 2 aromatic carbocycles. The van der Waals surface area contributed by atoms with Crippen molar-refractivity contribution in [2.75, 3.05) is 6.54 Å². The van der Waals surface area contributed by atoms with Crippen molar-refractivity contribution in [1.29, 1.82) is 0 Å². The van der Waals surface area contributed by atoms with Gasteiger partial charge in [-0.3, -0.25) is 9.59 Å². The van der Waals surface area contributed by atoms with Gasteiger partial charge in [0.2, 0.25) is 5.91 Å². The summed E-state index contributed by atoms with van der Waals surface area (Å²) in [5.74, 6) is -0.551. The molecule has 0 aromatic heterocycles. The van der Waals surface area contributed by atoms with Gasteiger partial charge < -0.3 is 9.64 Å². The zero-order valence-corrected chi connectivity index (χ0v) is 16.9. The van der Waals surface area contributed by atoms with Gasteiger partial charge in [-0.1, -0.05) is 60.2 Å². The van der Waals surface area contributed by atoms with E-state index in [9.17, 15) is 9.59 Å². The van der Waals surface area contributed by atoms with Crippen LogP contribution in [0.1, 0.15) is 24.8 Å². The molecule has 0 N–H and O–H groups in total. The van der Waals surface area contributed by atoms with E-state index in [2.05, 4.69) is 6.08 Å². The Bertz CT molecular complexity index is 911. The number of rotatable bonds is 4. The topological polar surface area (TPSA) is 46.6 Å². The average Bonchev–Trinajstić information content (AvgIpc) is 2.94. The molecule has 1 aliphatic carbocycles. The molecule has 2 aliphatic rings. The highest BCUT2D eigenvalue weighted by molar-refractivity contribution is 6.30. The number of benzene rings is 2. The first kappa shape index (κ1) is 19.7. The molecular formula is C24H24ClNO3. The standard InChI is InChI=1S/C24H24ClNO3/c25-19-10-6-11-20(15-19)29-24(28)21-12-5-4-9-18-13-14-26(23(27)22(18)21)16-17-7-2-1-3-8-17/h1-8,10-11,15,18,21-22H,9,12-14,16H2. The van der Waals surface area contributed by atoms with Crippen molar-refractivity contribution in [3.63, 3.8) is 0 Å². The van der Waals surface area contributed by atoms with Crippen LogP contribution in [-0.2, 0) is 16.1 Å². The maximum Gasteiger partial charge on any atom is 0.315 e. The van der Waals surface area contributed by atoms with Gasteiger partial charge in [-0.05, 0) is 48.9 Å². The predicted molar refractivity (Wildman–Crippen MR) is 112 cm³/mol. The van der Waals surface area contributed by atoms with E-state index in [1.54, 1.807) is 24.3 Å². The van der Waals surface area contributed by atoms with Crippen LogP contribution in [0.5, 0.6) is 5.75 Å². The first-order valence-corrected chi connectivity index (χ1v) is 10.4. The minimum absolute atomic E-state index is 0.0573. The van der Waals surface area contributed by atoms with Gasteiger partial charge in [0.25, 0.3) is 0 Å². The first-order valence-electron chi connectivity index (χ1n) is 10.1. The third-order valence-electron chi connectivity index (χ3n) is 5.84. The van der Waals surface area contributed by atoms with Gasteiger partial charge in [0.1, 0.15) is 5.75 Å². The predicted octanol–water partition coefficient (Wildman–Crippen LogP) is 4.88. The fraction of sp³-hybridized carbons (Fsp3) is 0.333. The molecule has 0 saturated carbocycles. The Morgan fingerprint density at radius 1 is 1.07 bits per heavy atom. The Balaban J connectivity index is 1.54. The largest absolute Gasteiger partial charge is 0.426 e. The summed E-state index contributed by atoms with van der Waals surface area (Å²) in [4.78, 5) is 28.3. The minimum atomic E-state index is -0.483. The van der Waals surface area contributed by atoms with Crippen molar-refractivity contribution in [3.8, 4) is 5.75 Å². The number of halogens is 1. The average molecular weight is 410 g/mol. The molecule has 4 nitrogen and oxygen atoms in total. The molecule has 5 heteroatoms. The fourth-order valence-electron chi connectivity index (χ4n) is 4.38. The van der Waals surface area contributed by atoms with Gasteiger partial charge >= 0.3 is 5.97 Å². The van der Waals surface area contributed by atoms with E-state index >= 15 is 0 Å². The number of hydrogen-bond acceptors (Lipinski definition) is 3. The zero-order chi connectivity index (χ0) is 20.2. The van der Waals surface area contributed by atoms with Crippen LogP contribution >= 0.6 is 11.6 Å². The summed E-state index contributed by atoms with van der Waals surface area (Å²) in [5, 5.41) is 0.511. The molecule has 3 unspecified atom stereocenters. The molecule has 4 rings (SSSR count). The third kappa shape index (κ3) is 4.54. The van der Waals surface area contributed by atoms with Gasteiger partial charge in [-0.25, -0.2) is 0 Å². The summed E-state index contributed by atoms with van der Waals surface area (Å²) in [6.07, 6.45) is 6.36. The monoisotopic (exact) mass is 409 g/mol. The second-order valence-corrected chi connectivity index (χ2v) is 8.18. The molecule has 1 heterocycles. The van der Waals surface area contributed by atoms with Gasteiger partial charge in [-0.15, -0.1) is 0 Å². The summed E-state index contributed by atoms with van der Waals surface area (Å²) in [6, 6.07) is 16.8. The number of nitrogens with zero attached hydrogens (tertiary/aromatic N) is 1. The molecule has 0 radical (unpaired) electrons. The highest BCUT2D eigenvalue weighted by atomic mass is 35.5. The minimum Gasteiger partial charge on any atom is -0.426 e. The molecule has 1 saturated heterocycles. The second-order valence-electron chi connectivity index (χ2n) is 7.75. The van der Waals surface area contributed by atoms with Gasteiger partial charge in [0, 0.05) is 18.1 Å². The van der Waals surface area contributed by atoms with Crippen LogP contribution in [0.3, 0.4) is 0 Å². The smallest absolute Gasteiger partial charge is 0.315 e. The van der Waals surface area contributed by atoms with Crippen molar-refractivity contribution < 1.29 is 14.3 Å². The maximum absolute atomic E-state index is 13.4. The number of likely N-dealkylation sites (tertiary alicyclic amines) is 1. The molecule has 0 bridgehead atoms. The molecule has 2 aromatic rings. The van der Waals surface area contributed by atoms with Crippen LogP contribution in [0, 0.1) is 17.8 Å². The number of piperidine rings is 1. The third-order valence-corrected chi connectivity index (χ3v) is 6.07. The number of allylic oxidation sites excluding steroid dienone is 2. The van der Waals surface area contributed by atoms with Crippen LogP contribution in [-0.4, -0.2) is 23.3 Å². The molecule has 0 spiro atoms. The number of ether oxygens (including phenoxy) is 1. The number of carbonyl (C=O) groups excluding carboxylic acids is 2. The van der Waals surface area contributed by atoms with Gasteiger partial charge in [0.15, 0.2) is 0 Å². The summed E-state index contributed by atoms with van der Waals surface area (Å²) in [7, 11) is 0. The van der Waals surface area contributed by atoms with E-state index in [4.69, 9.17) is 16.3 Å². The number of carbonyl (C=O) groups is 2. The Labute approximate surface area is 176 Å². The number of amides is 1.